The molecule has 2 amide bonds. The van der Waals surface area contributed by atoms with Gasteiger partial charge in [0, 0.05) is 24.6 Å². The van der Waals surface area contributed by atoms with Crippen molar-refractivity contribution in [1.29, 1.82) is 0 Å². The third kappa shape index (κ3) is 5.02. The maximum Gasteiger partial charge on any atom is 0.307 e. The van der Waals surface area contributed by atoms with Gasteiger partial charge in [0.2, 0.25) is 17.7 Å². The summed E-state index contributed by atoms with van der Waals surface area (Å²) in [4.78, 5) is 37.4. The largest absolute Gasteiger partial charge is 0.469 e. The predicted octanol–water partition coefficient (Wildman–Crippen LogP) is 0.274. The second kappa shape index (κ2) is 7.64. The van der Waals surface area contributed by atoms with E-state index in [2.05, 4.69) is 20.5 Å². The lowest BCUT2D eigenvalue weighted by Crippen LogP contribution is -2.57. The number of anilines is 1. The summed E-state index contributed by atoms with van der Waals surface area (Å²) in [7, 11) is 1.26. The Bertz CT molecular complexity index is 649. The first-order chi connectivity index (χ1) is 11.7. The predicted molar refractivity (Wildman–Crippen MR) is 88.8 cm³/mol. The lowest BCUT2D eigenvalue weighted by Gasteiger charge is -2.33. The van der Waals surface area contributed by atoms with Crippen LogP contribution in [-0.2, 0) is 24.5 Å². The van der Waals surface area contributed by atoms with Crippen molar-refractivity contribution in [2.75, 3.05) is 32.1 Å². The van der Waals surface area contributed by atoms with E-state index in [9.17, 15) is 14.4 Å². The minimum Gasteiger partial charge on any atom is -0.469 e. The van der Waals surface area contributed by atoms with Crippen LogP contribution < -0.4 is 10.6 Å². The molecule has 0 aromatic carbocycles. The highest BCUT2D eigenvalue weighted by Crippen LogP contribution is 2.23. The summed E-state index contributed by atoms with van der Waals surface area (Å²) >= 11 is 0. The fourth-order valence-corrected chi connectivity index (χ4v) is 2.46. The molecule has 1 atom stereocenters. The SMILES string of the molecule is COC(=O)C[C@H]1C(=O)NCCN1CC(=O)Nc1cc(C(C)(C)C)no1. The topological polar surface area (TPSA) is 114 Å². The fourth-order valence-electron chi connectivity index (χ4n) is 2.46. The molecule has 2 N–H and O–H groups in total. The Hall–Kier alpha value is -2.42. The molecule has 25 heavy (non-hydrogen) atoms. The summed E-state index contributed by atoms with van der Waals surface area (Å²) in [5.74, 6) is -0.890. The van der Waals surface area contributed by atoms with Gasteiger partial charge in [-0.15, -0.1) is 0 Å². The van der Waals surface area contributed by atoms with Crippen LogP contribution in [0.4, 0.5) is 5.88 Å². The van der Waals surface area contributed by atoms with Gasteiger partial charge in [0.25, 0.3) is 0 Å². The Morgan fingerprint density at radius 3 is 2.80 bits per heavy atom. The molecular weight excluding hydrogens is 328 g/mol. The molecule has 2 heterocycles. The average molecular weight is 352 g/mol. The molecule has 1 aliphatic rings. The van der Waals surface area contributed by atoms with Crippen molar-refractivity contribution in [3.8, 4) is 0 Å². The van der Waals surface area contributed by atoms with Crippen LogP contribution in [0, 0.1) is 0 Å². The van der Waals surface area contributed by atoms with Gasteiger partial charge in [0.05, 0.1) is 25.8 Å². The van der Waals surface area contributed by atoms with Crippen LogP contribution >= 0.6 is 0 Å². The van der Waals surface area contributed by atoms with Gasteiger partial charge in [-0.2, -0.15) is 0 Å². The summed E-state index contributed by atoms with van der Waals surface area (Å²) in [6.45, 7) is 6.80. The number of methoxy groups -OCH3 is 1. The second-order valence-electron chi connectivity index (χ2n) is 6.93. The number of carbonyl (C=O) groups is 3. The summed E-state index contributed by atoms with van der Waals surface area (Å²) in [5.41, 5.74) is 0.534. The molecule has 1 aliphatic heterocycles. The van der Waals surface area contributed by atoms with Crippen molar-refractivity contribution in [2.24, 2.45) is 0 Å². The summed E-state index contributed by atoms with van der Waals surface area (Å²) in [5, 5.41) is 9.25. The number of piperazine rings is 1. The van der Waals surface area contributed by atoms with Gasteiger partial charge in [0.15, 0.2) is 0 Å². The molecule has 0 unspecified atom stereocenters. The zero-order valence-corrected chi connectivity index (χ0v) is 14.9. The quantitative estimate of drug-likeness (QED) is 0.731. The number of rotatable bonds is 5. The maximum absolute atomic E-state index is 12.3. The van der Waals surface area contributed by atoms with Gasteiger partial charge in [-0.05, 0) is 0 Å². The highest BCUT2D eigenvalue weighted by atomic mass is 16.5. The molecule has 1 aromatic heterocycles. The maximum atomic E-state index is 12.3. The van der Waals surface area contributed by atoms with E-state index >= 15 is 0 Å². The van der Waals surface area contributed by atoms with Crippen molar-refractivity contribution < 1.29 is 23.6 Å². The zero-order chi connectivity index (χ0) is 18.6. The number of aromatic nitrogens is 1. The number of hydrogen-bond acceptors (Lipinski definition) is 7. The molecule has 9 nitrogen and oxygen atoms in total. The van der Waals surface area contributed by atoms with Gasteiger partial charge in [-0.25, -0.2) is 0 Å². The number of esters is 1. The minimum atomic E-state index is -0.730. The van der Waals surface area contributed by atoms with Crippen LogP contribution in [0.2, 0.25) is 0 Å². The van der Waals surface area contributed by atoms with E-state index in [1.54, 1.807) is 11.0 Å². The molecule has 0 bridgehead atoms. The van der Waals surface area contributed by atoms with Gasteiger partial charge in [-0.1, -0.05) is 25.9 Å². The molecule has 138 valence electrons. The van der Waals surface area contributed by atoms with Crippen LogP contribution in [-0.4, -0.2) is 60.6 Å². The van der Waals surface area contributed by atoms with Crippen LogP contribution in [0.3, 0.4) is 0 Å². The molecule has 1 fully saturated rings. The van der Waals surface area contributed by atoms with Gasteiger partial charge < -0.3 is 14.6 Å². The Kier molecular flexibility index (Phi) is 5.78. The van der Waals surface area contributed by atoms with Crippen LogP contribution in [0.5, 0.6) is 0 Å². The average Bonchev–Trinajstić information content (AvgIpc) is 2.99. The van der Waals surface area contributed by atoms with Gasteiger partial charge in [-0.3, -0.25) is 24.6 Å². The number of amides is 2. The smallest absolute Gasteiger partial charge is 0.307 e. The Balaban J connectivity index is 1.98. The molecule has 1 aromatic rings. The van der Waals surface area contributed by atoms with Crippen LogP contribution in [0.25, 0.3) is 0 Å². The third-order valence-electron chi connectivity index (χ3n) is 3.92. The highest BCUT2D eigenvalue weighted by Gasteiger charge is 2.33. The van der Waals surface area contributed by atoms with E-state index in [0.29, 0.717) is 13.1 Å². The Labute approximate surface area is 146 Å². The van der Waals surface area contributed by atoms with Crippen molar-refractivity contribution in [1.82, 2.24) is 15.4 Å². The fraction of sp³-hybridized carbons (Fsp3) is 0.625. The number of nitrogens with one attached hydrogen (secondary N) is 2. The minimum absolute atomic E-state index is 0.0410. The normalized spacial score (nSPS) is 18.6. The zero-order valence-electron chi connectivity index (χ0n) is 14.9. The number of hydrogen-bond donors (Lipinski definition) is 2. The third-order valence-corrected chi connectivity index (χ3v) is 3.92. The van der Waals surface area contributed by atoms with E-state index < -0.39 is 12.0 Å². The van der Waals surface area contributed by atoms with E-state index in [1.807, 2.05) is 20.8 Å². The monoisotopic (exact) mass is 352 g/mol. The van der Waals surface area contributed by atoms with Gasteiger partial charge >= 0.3 is 5.97 Å². The number of nitrogens with zero attached hydrogens (tertiary/aromatic N) is 2. The highest BCUT2D eigenvalue weighted by molar-refractivity contribution is 5.92. The molecular formula is C16H24N4O5. The number of carbonyl (C=O) groups excluding carboxylic acids is 3. The Morgan fingerprint density at radius 1 is 1.48 bits per heavy atom. The van der Waals surface area contributed by atoms with E-state index in [1.165, 1.54) is 7.11 Å². The molecule has 0 saturated carbocycles. The standard InChI is InChI=1S/C16H24N4O5/c1-16(2,3)11-8-13(25-19-11)18-12(21)9-20-6-5-17-15(23)10(20)7-14(22)24-4/h8,10H,5-7,9H2,1-4H3,(H,17,23)(H,18,21)/t10-/m0/s1. The first-order valence-electron chi connectivity index (χ1n) is 8.06. The second-order valence-corrected chi connectivity index (χ2v) is 6.93. The summed E-state index contributed by atoms with van der Waals surface area (Å²) in [6.07, 6.45) is -0.105. The lowest BCUT2D eigenvalue weighted by molar-refractivity contribution is -0.146. The van der Waals surface area contributed by atoms with E-state index in [0.717, 1.165) is 5.69 Å². The Morgan fingerprint density at radius 2 is 2.20 bits per heavy atom. The first-order valence-corrected chi connectivity index (χ1v) is 8.06. The molecule has 0 spiro atoms. The van der Waals surface area contributed by atoms with Crippen molar-refractivity contribution in [3.63, 3.8) is 0 Å². The van der Waals surface area contributed by atoms with E-state index in [4.69, 9.17) is 4.52 Å². The summed E-state index contributed by atoms with van der Waals surface area (Å²) in [6, 6.07) is 0.944. The van der Waals surface area contributed by atoms with Gasteiger partial charge in [0.1, 0.15) is 6.04 Å². The molecule has 0 radical (unpaired) electrons. The molecule has 2 rings (SSSR count). The van der Waals surface area contributed by atoms with Crippen molar-refractivity contribution >= 4 is 23.7 Å². The molecule has 9 heteroatoms. The summed E-state index contributed by atoms with van der Waals surface area (Å²) < 4.78 is 9.74. The van der Waals surface area contributed by atoms with Crippen molar-refractivity contribution in [3.05, 3.63) is 11.8 Å². The van der Waals surface area contributed by atoms with Crippen molar-refractivity contribution in [2.45, 2.75) is 38.6 Å². The first kappa shape index (κ1) is 18.9. The lowest BCUT2D eigenvalue weighted by atomic mass is 9.92. The molecule has 0 aliphatic carbocycles. The van der Waals surface area contributed by atoms with Crippen LogP contribution in [0.1, 0.15) is 32.9 Å². The van der Waals surface area contributed by atoms with Crippen LogP contribution in [0.15, 0.2) is 10.6 Å². The number of ether oxygens (including phenoxy) is 1. The van der Waals surface area contributed by atoms with E-state index in [-0.39, 0.29) is 36.1 Å². The molecule has 1 saturated heterocycles.